The first kappa shape index (κ1) is 18.9. The Morgan fingerprint density at radius 2 is 1.85 bits per heavy atom. The molecule has 2 fully saturated rings. The summed E-state index contributed by atoms with van der Waals surface area (Å²) < 4.78 is 5.59. The van der Waals surface area contributed by atoms with Gasteiger partial charge in [0.1, 0.15) is 6.04 Å². The fraction of sp³-hybridized carbons (Fsp3) is 0.600. The average Bonchev–Trinajstić information content (AvgIpc) is 2.93. The Balaban J connectivity index is 1.49. The van der Waals surface area contributed by atoms with Crippen LogP contribution in [0.25, 0.3) is 0 Å². The minimum absolute atomic E-state index is 0.0933. The third-order valence-corrected chi connectivity index (χ3v) is 5.21. The maximum atomic E-state index is 12.8. The third-order valence-electron chi connectivity index (χ3n) is 5.21. The fourth-order valence-electron chi connectivity index (χ4n) is 3.65. The van der Waals surface area contributed by atoms with Crippen LogP contribution in [0.5, 0.6) is 0 Å². The van der Waals surface area contributed by atoms with Gasteiger partial charge < -0.3 is 19.9 Å². The van der Waals surface area contributed by atoms with Crippen molar-refractivity contribution in [2.24, 2.45) is 0 Å². The van der Waals surface area contributed by atoms with Crippen molar-refractivity contribution < 1.29 is 14.3 Å². The number of amides is 2. The number of morpholine rings is 1. The monoisotopic (exact) mass is 359 g/mol. The number of carbonyl (C=O) groups excluding carboxylic acids is 2. The first-order valence-electron chi connectivity index (χ1n) is 9.60. The summed E-state index contributed by atoms with van der Waals surface area (Å²) in [5.74, 6) is 0.270. The predicted molar refractivity (Wildman–Crippen MR) is 99.7 cm³/mol. The Morgan fingerprint density at radius 3 is 2.62 bits per heavy atom. The van der Waals surface area contributed by atoms with Crippen LogP contribution in [-0.2, 0) is 20.7 Å². The first-order valence-corrected chi connectivity index (χ1v) is 9.60. The molecule has 2 aliphatic rings. The smallest absolute Gasteiger partial charge is 0.242 e. The van der Waals surface area contributed by atoms with Crippen LogP contribution in [0.3, 0.4) is 0 Å². The van der Waals surface area contributed by atoms with Crippen molar-refractivity contribution in [1.29, 1.82) is 0 Å². The van der Waals surface area contributed by atoms with Crippen molar-refractivity contribution in [2.45, 2.75) is 38.3 Å². The number of ether oxygens (including phenoxy) is 1. The molecule has 0 aromatic heterocycles. The Labute approximate surface area is 155 Å². The van der Waals surface area contributed by atoms with E-state index in [-0.39, 0.29) is 24.0 Å². The number of nitrogens with zero attached hydrogens (tertiary/aromatic N) is 2. The van der Waals surface area contributed by atoms with Gasteiger partial charge >= 0.3 is 0 Å². The molecule has 0 unspecified atom stereocenters. The summed E-state index contributed by atoms with van der Waals surface area (Å²) in [6.45, 7) is 5.93. The van der Waals surface area contributed by atoms with Crippen molar-refractivity contribution in [3.05, 3.63) is 35.9 Å². The van der Waals surface area contributed by atoms with E-state index in [0.717, 1.165) is 19.4 Å². The first-order chi connectivity index (χ1) is 12.6. The molecule has 2 heterocycles. The molecular formula is C20H29N3O3. The van der Waals surface area contributed by atoms with Gasteiger partial charge in [-0.1, -0.05) is 30.3 Å². The second-order valence-corrected chi connectivity index (χ2v) is 7.05. The molecule has 0 saturated carbocycles. The molecule has 142 valence electrons. The molecule has 2 atom stereocenters. The summed E-state index contributed by atoms with van der Waals surface area (Å²) in [5, 5.41) is 3.26. The van der Waals surface area contributed by atoms with Crippen LogP contribution in [0, 0.1) is 0 Å². The van der Waals surface area contributed by atoms with Gasteiger partial charge in [-0.05, 0) is 25.3 Å². The van der Waals surface area contributed by atoms with Crippen molar-refractivity contribution in [1.82, 2.24) is 15.1 Å². The molecule has 6 heteroatoms. The molecule has 0 radical (unpaired) electrons. The Bertz CT molecular complexity index is 608. The van der Waals surface area contributed by atoms with E-state index in [1.165, 1.54) is 5.56 Å². The summed E-state index contributed by atoms with van der Waals surface area (Å²) in [6, 6.07) is 9.81. The average molecular weight is 359 g/mol. The maximum Gasteiger partial charge on any atom is 0.242 e. The van der Waals surface area contributed by atoms with Gasteiger partial charge in [-0.2, -0.15) is 0 Å². The Hall–Kier alpha value is -1.92. The molecule has 2 aliphatic heterocycles. The fourth-order valence-corrected chi connectivity index (χ4v) is 3.65. The highest BCUT2D eigenvalue weighted by atomic mass is 16.5. The second-order valence-electron chi connectivity index (χ2n) is 7.05. The molecule has 3 rings (SSSR count). The van der Waals surface area contributed by atoms with Crippen molar-refractivity contribution in [2.75, 3.05) is 39.3 Å². The van der Waals surface area contributed by atoms with E-state index in [1.807, 2.05) is 34.9 Å². The van der Waals surface area contributed by atoms with E-state index in [4.69, 9.17) is 4.74 Å². The van der Waals surface area contributed by atoms with Crippen LogP contribution in [0.1, 0.15) is 25.3 Å². The van der Waals surface area contributed by atoms with E-state index < -0.39 is 0 Å². The van der Waals surface area contributed by atoms with E-state index in [0.29, 0.717) is 39.2 Å². The summed E-state index contributed by atoms with van der Waals surface area (Å²) in [7, 11) is 0. The van der Waals surface area contributed by atoms with Gasteiger partial charge in [-0.25, -0.2) is 0 Å². The largest absolute Gasteiger partial charge is 0.375 e. The molecule has 1 aromatic carbocycles. The predicted octanol–water partition coefficient (Wildman–Crippen LogP) is 1.06. The maximum absolute atomic E-state index is 12.8. The van der Waals surface area contributed by atoms with Crippen molar-refractivity contribution in [3.63, 3.8) is 0 Å². The zero-order valence-electron chi connectivity index (χ0n) is 15.5. The lowest BCUT2D eigenvalue weighted by Crippen LogP contribution is -2.56. The van der Waals surface area contributed by atoms with Crippen LogP contribution in [0.4, 0.5) is 0 Å². The van der Waals surface area contributed by atoms with E-state index in [9.17, 15) is 9.59 Å². The normalized spacial score (nSPS) is 24.2. The van der Waals surface area contributed by atoms with Crippen LogP contribution >= 0.6 is 0 Å². The van der Waals surface area contributed by atoms with Gasteiger partial charge in [0.2, 0.25) is 11.8 Å². The molecule has 0 spiro atoms. The number of aryl methyl sites for hydroxylation is 1. The summed E-state index contributed by atoms with van der Waals surface area (Å²) in [4.78, 5) is 29.1. The minimum Gasteiger partial charge on any atom is -0.375 e. The number of hydrogen-bond donors (Lipinski definition) is 1. The molecule has 26 heavy (non-hydrogen) atoms. The van der Waals surface area contributed by atoms with Gasteiger partial charge in [-0.3, -0.25) is 9.59 Å². The van der Waals surface area contributed by atoms with Crippen molar-refractivity contribution >= 4 is 11.8 Å². The lowest BCUT2D eigenvalue weighted by atomic mass is 10.1. The lowest BCUT2D eigenvalue weighted by Gasteiger charge is -2.33. The molecule has 1 N–H and O–H groups in total. The molecular weight excluding hydrogens is 330 g/mol. The zero-order chi connectivity index (χ0) is 18.4. The topological polar surface area (TPSA) is 61.9 Å². The van der Waals surface area contributed by atoms with Crippen LogP contribution in [0.15, 0.2) is 30.3 Å². The third kappa shape index (κ3) is 4.83. The molecule has 0 bridgehead atoms. The molecule has 2 amide bonds. The van der Waals surface area contributed by atoms with Crippen LogP contribution in [0.2, 0.25) is 0 Å². The van der Waals surface area contributed by atoms with Gasteiger partial charge in [0.05, 0.1) is 12.7 Å². The van der Waals surface area contributed by atoms with E-state index in [2.05, 4.69) is 17.4 Å². The highest BCUT2D eigenvalue weighted by Gasteiger charge is 2.32. The lowest BCUT2D eigenvalue weighted by molar-refractivity contribution is -0.140. The molecule has 1 aromatic rings. The van der Waals surface area contributed by atoms with E-state index >= 15 is 0 Å². The second kappa shape index (κ2) is 9.14. The number of rotatable bonds is 4. The Morgan fingerprint density at radius 1 is 1.12 bits per heavy atom. The highest BCUT2D eigenvalue weighted by Crippen LogP contribution is 2.12. The summed E-state index contributed by atoms with van der Waals surface area (Å²) >= 11 is 0. The van der Waals surface area contributed by atoms with Gasteiger partial charge in [-0.15, -0.1) is 0 Å². The highest BCUT2D eigenvalue weighted by molar-refractivity contribution is 5.83. The quantitative estimate of drug-likeness (QED) is 0.873. The van der Waals surface area contributed by atoms with Gasteiger partial charge in [0, 0.05) is 39.1 Å². The number of benzene rings is 1. The van der Waals surface area contributed by atoms with Crippen LogP contribution in [-0.4, -0.2) is 73.1 Å². The number of hydrogen-bond acceptors (Lipinski definition) is 4. The molecule has 2 saturated heterocycles. The summed E-state index contributed by atoms with van der Waals surface area (Å²) in [5.41, 5.74) is 1.19. The van der Waals surface area contributed by atoms with Crippen molar-refractivity contribution in [3.8, 4) is 0 Å². The number of nitrogens with one attached hydrogen (secondary N) is 1. The molecule has 6 nitrogen and oxygen atoms in total. The SMILES string of the molecule is C[C@H]1OCCN[C@@H]1C(=O)N1CCCN(C(=O)CCc2ccccc2)CC1. The zero-order valence-corrected chi connectivity index (χ0v) is 15.5. The summed E-state index contributed by atoms with van der Waals surface area (Å²) in [6.07, 6.45) is 2.00. The Kier molecular flexibility index (Phi) is 6.63. The number of carbonyl (C=O) groups is 2. The molecule has 0 aliphatic carbocycles. The van der Waals surface area contributed by atoms with Gasteiger partial charge in [0.15, 0.2) is 0 Å². The van der Waals surface area contributed by atoms with Crippen LogP contribution < -0.4 is 5.32 Å². The standard InChI is InChI=1S/C20H29N3O3/c1-16-19(21-10-15-26-16)20(25)23-12-5-11-22(13-14-23)18(24)9-8-17-6-3-2-4-7-17/h2-4,6-7,16,19,21H,5,8-15H2,1H3/t16-,19+/m1/s1. The van der Waals surface area contributed by atoms with E-state index in [1.54, 1.807) is 0 Å². The van der Waals surface area contributed by atoms with Gasteiger partial charge in [0.25, 0.3) is 0 Å². The minimum atomic E-state index is -0.274.